The Labute approximate surface area is 111 Å². The number of ether oxygens (including phenoxy) is 1. The summed E-state index contributed by atoms with van der Waals surface area (Å²) in [5, 5.41) is 9.35. The molecule has 6 heteroatoms. The zero-order valence-electron chi connectivity index (χ0n) is 10.6. The van der Waals surface area contributed by atoms with Crippen molar-refractivity contribution < 1.29 is 9.53 Å². The quantitative estimate of drug-likeness (QED) is 0.755. The number of aromatic amines is 1. The lowest BCUT2D eigenvalue weighted by molar-refractivity contribution is 0.102. The lowest BCUT2D eigenvalue weighted by atomic mass is 10.2. The average Bonchev–Trinajstić information content (AvgIpc) is 2.84. The van der Waals surface area contributed by atoms with Gasteiger partial charge in [-0.2, -0.15) is 5.10 Å². The number of aromatic nitrogens is 2. The third-order valence-corrected chi connectivity index (χ3v) is 2.59. The van der Waals surface area contributed by atoms with E-state index in [-0.39, 0.29) is 5.91 Å². The van der Waals surface area contributed by atoms with Gasteiger partial charge in [0.05, 0.1) is 17.4 Å². The van der Waals surface area contributed by atoms with Gasteiger partial charge in [0.2, 0.25) is 0 Å². The van der Waals surface area contributed by atoms with Crippen molar-refractivity contribution in [3.8, 4) is 5.75 Å². The van der Waals surface area contributed by atoms with Crippen molar-refractivity contribution in [1.29, 1.82) is 0 Å². The molecule has 0 saturated heterocycles. The summed E-state index contributed by atoms with van der Waals surface area (Å²) < 4.78 is 5.47. The number of rotatable bonds is 5. The van der Waals surface area contributed by atoms with E-state index in [0.717, 1.165) is 5.69 Å². The molecule has 1 aromatic heterocycles. The summed E-state index contributed by atoms with van der Waals surface area (Å²) >= 11 is 0. The normalized spacial score (nSPS) is 10.2. The van der Waals surface area contributed by atoms with Crippen LogP contribution in [0.15, 0.2) is 30.5 Å². The van der Waals surface area contributed by atoms with E-state index in [0.29, 0.717) is 30.2 Å². The molecule has 4 N–H and O–H groups in total. The molecule has 1 aromatic carbocycles. The van der Waals surface area contributed by atoms with Gasteiger partial charge in [-0.25, -0.2) is 0 Å². The van der Waals surface area contributed by atoms with Crippen LogP contribution in [0.25, 0.3) is 0 Å². The molecule has 6 nitrogen and oxygen atoms in total. The predicted molar refractivity (Wildman–Crippen MR) is 72.3 cm³/mol. The SMILES string of the molecule is Cc1[nH]ncc1C(=O)Nc1ccccc1OCCN. The van der Waals surface area contributed by atoms with Crippen LogP contribution in [0.2, 0.25) is 0 Å². The first-order chi connectivity index (χ1) is 9.22. The van der Waals surface area contributed by atoms with Crippen LogP contribution in [-0.4, -0.2) is 29.3 Å². The second-order valence-corrected chi connectivity index (χ2v) is 4.00. The van der Waals surface area contributed by atoms with E-state index in [9.17, 15) is 4.79 Å². The molecule has 2 rings (SSSR count). The number of nitrogens with one attached hydrogen (secondary N) is 2. The molecule has 0 atom stereocenters. The Kier molecular flexibility index (Phi) is 4.15. The minimum atomic E-state index is -0.227. The monoisotopic (exact) mass is 260 g/mol. The van der Waals surface area contributed by atoms with E-state index in [1.165, 1.54) is 6.20 Å². The van der Waals surface area contributed by atoms with Crippen LogP contribution in [0.4, 0.5) is 5.69 Å². The number of nitrogens with zero attached hydrogens (tertiary/aromatic N) is 1. The molecule has 0 aliphatic carbocycles. The molecule has 0 radical (unpaired) electrons. The largest absolute Gasteiger partial charge is 0.490 e. The fraction of sp³-hybridized carbons (Fsp3) is 0.231. The van der Waals surface area contributed by atoms with Gasteiger partial charge in [-0.05, 0) is 19.1 Å². The highest BCUT2D eigenvalue weighted by atomic mass is 16.5. The van der Waals surface area contributed by atoms with Gasteiger partial charge in [0.15, 0.2) is 0 Å². The smallest absolute Gasteiger partial charge is 0.259 e. The molecule has 19 heavy (non-hydrogen) atoms. The fourth-order valence-electron chi connectivity index (χ4n) is 1.63. The molecule has 1 heterocycles. The molecule has 100 valence electrons. The first kappa shape index (κ1) is 13.1. The number of para-hydroxylation sites is 2. The molecule has 0 aliphatic rings. The number of aryl methyl sites for hydroxylation is 1. The highest BCUT2D eigenvalue weighted by Crippen LogP contribution is 2.24. The lowest BCUT2D eigenvalue weighted by Gasteiger charge is -2.11. The number of benzene rings is 1. The molecule has 2 aromatic rings. The van der Waals surface area contributed by atoms with Gasteiger partial charge < -0.3 is 15.8 Å². The van der Waals surface area contributed by atoms with E-state index in [1.807, 2.05) is 12.1 Å². The van der Waals surface area contributed by atoms with Crippen molar-refractivity contribution in [2.75, 3.05) is 18.5 Å². The van der Waals surface area contributed by atoms with Gasteiger partial charge in [0.25, 0.3) is 5.91 Å². The number of nitrogens with two attached hydrogens (primary N) is 1. The van der Waals surface area contributed by atoms with Crippen LogP contribution in [0.5, 0.6) is 5.75 Å². The molecule has 0 spiro atoms. The molecular formula is C13H16N4O2. The third kappa shape index (κ3) is 3.11. The van der Waals surface area contributed by atoms with Crippen molar-refractivity contribution in [2.45, 2.75) is 6.92 Å². The van der Waals surface area contributed by atoms with Crippen molar-refractivity contribution in [1.82, 2.24) is 10.2 Å². The average molecular weight is 260 g/mol. The summed E-state index contributed by atoms with van der Waals surface area (Å²) in [5.41, 5.74) is 7.24. The molecule has 0 fully saturated rings. The van der Waals surface area contributed by atoms with E-state index in [1.54, 1.807) is 19.1 Å². The minimum absolute atomic E-state index is 0.227. The van der Waals surface area contributed by atoms with Crippen molar-refractivity contribution in [2.24, 2.45) is 5.73 Å². The number of carbonyl (C=O) groups is 1. The summed E-state index contributed by atoms with van der Waals surface area (Å²) in [6.07, 6.45) is 1.49. The van der Waals surface area contributed by atoms with E-state index in [4.69, 9.17) is 10.5 Å². The van der Waals surface area contributed by atoms with Gasteiger partial charge in [0, 0.05) is 12.2 Å². The number of anilines is 1. The van der Waals surface area contributed by atoms with Crippen molar-refractivity contribution >= 4 is 11.6 Å². The Balaban J connectivity index is 2.15. The number of hydrogen-bond donors (Lipinski definition) is 3. The van der Waals surface area contributed by atoms with Gasteiger partial charge in [-0.1, -0.05) is 12.1 Å². The zero-order chi connectivity index (χ0) is 13.7. The van der Waals surface area contributed by atoms with Crippen molar-refractivity contribution in [3.63, 3.8) is 0 Å². The summed E-state index contributed by atoms with van der Waals surface area (Å²) in [6.45, 7) is 2.61. The summed E-state index contributed by atoms with van der Waals surface area (Å²) in [5.74, 6) is 0.373. The first-order valence-electron chi connectivity index (χ1n) is 5.95. The zero-order valence-corrected chi connectivity index (χ0v) is 10.6. The Morgan fingerprint density at radius 3 is 2.95 bits per heavy atom. The van der Waals surface area contributed by atoms with Crippen LogP contribution in [0, 0.1) is 6.92 Å². The highest BCUT2D eigenvalue weighted by Gasteiger charge is 2.13. The minimum Gasteiger partial charge on any atom is -0.490 e. The van der Waals surface area contributed by atoms with E-state index >= 15 is 0 Å². The number of hydrogen-bond acceptors (Lipinski definition) is 4. The first-order valence-corrected chi connectivity index (χ1v) is 5.95. The molecule has 0 aliphatic heterocycles. The maximum atomic E-state index is 12.1. The molecular weight excluding hydrogens is 244 g/mol. The van der Waals surface area contributed by atoms with Crippen LogP contribution < -0.4 is 15.8 Å². The van der Waals surface area contributed by atoms with Crippen LogP contribution in [0.1, 0.15) is 16.1 Å². The number of H-pyrrole nitrogens is 1. The maximum absolute atomic E-state index is 12.1. The molecule has 0 saturated carbocycles. The van der Waals surface area contributed by atoms with Crippen LogP contribution >= 0.6 is 0 Å². The Morgan fingerprint density at radius 1 is 1.47 bits per heavy atom. The summed E-state index contributed by atoms with van der Waals surface area (Å²) in [6, 6.07) is 7.23. The van der Waals surface area contributed by atoms with E-state index in [2.05, 4.69) is 15.5 Å². The molecule has 1 amide bonds. The number of amides is 1. The third-order valence-electron chi connectivity index (χ3n) is 2.59. The Bertz CT molecular complexity index is 565. The second-order valence-electron chi connectivity index (χ2n) is 4.00. The molecule has 0 bridgehead atoms. The Morgan fingerprint density at radius 2 is 2.26 bits per heavy atom. The fourth-order valence-corrected chi connectivity index (χ4v) is 1.63. The van der Waals surface area contributed by atoms with Gasteiger partial charge in [-0.3, -0.25) is 9.89 Å². The van der Waals surface area contributed by atoms with Crippen LogP contribution in [-0.2, 0) is 0 Å². The van der Waals surface area contributed by atoms with E-state index < -0.39 is 0 Å². The van der Waals surface area contributed by atoms with Gasteiger partial charge in [0.1, 0.15) is 12.4 Å². The second kappa shape index (κ2) is 6.01. The van der Waals surface area contributed by atoms with Crippen LogP contribution in [0.3, 0.4) is 0 Å². The van der Waals surface area contributed by atoms with Gasteiger partial charge >= 0.3 is 0 Å². The summed E-state index contributed by atoms with van der Waals surface area (Å²) in [7, 11) is 0. The lowest BCUT2D eigenvalue weighted by Crippen LogP contribution is -2.15. The predicted octanol–water partition coefficient (Wildman–Crippen LogP) is 1.31. The highest BCUT2D eigenvalue weighted by molar-refractivity contribution is 6.05. The Hall–Kier alpha value is -2.34. The van der Waals surface area contributed by atoms with Crippen molar-refractivity contribution in [3.05, 3.63) is 41.7 Å². The topological polar surface area (TPSA) is 93.0 Å². The standard InChI is InChI=1S/C13H16N4O2/c1-9-10(8-15-17-9)13(18)16-11-4-2-3-5-12(11)19-7-6-14/h2-5,8H,6-7,14H2,1H3,(H,15,17)(H,16,18). The number of carbonyl (C=O) groups excluding carboxylic acids is 1. The maximum Gasteiger partial charge on any atom is 0.259 e. The molecule has 0 unspecified atom stereocenters. The van der Waals surface area contributed by atoms with Gasteiger partial charge in [-0.15, -0.1) is 0 Å². The summed E-state index contributed by atoms with van der Waals surface area (Å²) in [4.78, 5) is 12.1.